The first-order valence-corrected chi connectivity index (χ1v) is 6.22. The summed E-state index contributed by atoms with van der Waals surface area (Å²) < 4.78 is 18.4. The second-order valence-corrected chi connectivity index (χ2v) is 4.38. The zero-order chi connectivity index (χ0) is 13.9. The molecule has 0 spiro atoms. The Morgan fingerprint density at radius 1 is 1.00 bits per heavy atom. The summed E-state index contributed by atoms with van der Waals surface area (Å²) in [6.45, 7) is 0. The lowest BCUT2D eigenvalue weighted by atomic mass is 10.1. The van der Waals surface area contributed by atoms with E-state index in [1.807, 2.05) is 36.4 Å². The van der Waals surface area contributed by atoms with Crippen LogP contribution in [0.1, 0.15) is 0 Å². The third-order valence-electron chi connectivity index (χ3n) is 3.11. The van der Waals surface area contributed by atoms with Gasteiger partial charge in [0, 0.05) is 5.56 Å². The van der Waals surface area contributed by atoms with Crippen molar-refractivity contribution < 1.29 is 9.13 Å². The maximum Gasteiger partial charge on any atom is 0.165 e. The summed E-state index contributed by atoms with van der Waals surface area (Å²) in [5.74, 6) is -0.165. The summed E-state index contributed by atoms with van der Waals surface area (Å²) in [6.07, 6.45) is 0. The second-order valence-electron chi connectivity index (χ2n) is 4.38. The van der Waals surface area contributed by atoms with E-state index in [1.165, 1.54) is 13.2 Å². The molecule has 4 heteroatoms. The molecule has 0 unspecified atom stereocenters. The van der Waals surface area contributed by atoms with Crippen LogP contribution in [-0.2, 0) is 0 Å². The van der Waals surface area contributed by atoms with Crippen molar-refractivity contribution in [2.75, 3.05) is 7.11 Å². The van der Waals surface area contributed by atoms with Crippen molar-refractivity contribution in [3.63, 3.8) is 0 Å². The molecule has 3 rings (SSSR count). The fourth-order valence-electron chi connectivity index (χ4n) is 2.05. The van der Waals surface area contributed by atoms with E-state index in [-0.39, 0.29) is 11.6 Å². The lowest BCUT2D eigenvalue weighted by Gasteiger charge is -2.03. The summed E-state index contributed by atoms with van der Waals surface area (Å²) in [6, 6.07) is 16.5. The Hall–Kier alpha value is -2.62. The van der Waals surface area contributed by atoms with E-state index < -0.39 is 0 Å². The number of nitrogens with zero attached hydrogens (tertiary/aromatic N) is 1. The number of hydrogen-bond acceptors (Lipinski definition) is 2. The molecule has 0 aliphatic rings. The minimum absolute atomic E-state index is 0.215. The number of hydrogen-bond donors (Lipinski definition) is 1. The third kappa shape index (κ3) is 2.28. The number of rotatable bonds is 3. The number of benzene rings is 2. The molecule has 0 saturated heterocycles. The molecule has 0 amide bonds. The quantitative estimate of drug-likeness (QED) is 0.782. The zero-order valence-electron chi connectivity index (χ0n) is 10.9. The Bertz CT molecular complexity index is 722. The molecule has 2 aromatic carbocycles. The van der Waals surface area contributed by atoms with E-state index in [4.69, 9.17) is 4.74 Å². The van der Waals surface area contributed by atoms with Crippen molar-refractivity contribution >= 4 is 0 Å². The van der Waals surface area contributed by atoms with Crippen LogP contribution in [0.15, 0.2) is 54.6 Å². The number of aromatic amines is 1. The normalized spacial score (nSPS) is 10.5. The average molecular weight is 268 g/mol. The number of ether oxygens (including phenoxy) is 1. The molecule has 0 bridgehead atoms. The van der Waals surface area contributed by atoms with Crippen LogP contribution < -0.4 is 4.74 Å². The molecule has 100 valence electrons. The maximum absolute atomic E-state index is 13.4. The monoisotopic (exact) mass is 268 g/mol. The first kappa shape index (κ1) is 12.4. The number of H-pyrrole nitrogens is 1. The zero-order valence-corrected chi connectivity index (χ0v) is 10.9. The van der Waals surface area contributed by atoms with Crippen molar-refractivity contribution in [1.29, 1.82) is 0 Å². The van der Waals surface area contributed by atoms with Gasteiger partial charge in [0.1, 0.15) is 0 Å². The first-order chi connectivity index (χ1) is 9.78. The molecule has 0 aliphatic heterocycles. The van der Waals surface area contributed by atoms with Gasteiger partial charge in [-0.3, -0.25) is 5.10 Å². The molecule has 0 aliphatic carbocycles. The fourth-order valence-corrected chi connectivity index (χ4v) is 2.05. The van der Waals surface area contributed by atoms with Crippen molar-refractivity contribution in [1.82, 2.24) is 10.2 Å². The van der Waals surface area contributed by atoms with E-state index >= 15 is 0 Å². The summed E-state index contributed by atoms with van der Waals surface area (Å²) in [7, 11) is 1.45. The highest BCUT2D eigenvalue weighted by Gasteiger charge is 2.09. The van der Waals surface area contributed by atoms with E-state index in [0.717, 1.165) is 22.5 Å². The topological polar surface area (TPSA) is 37.9 Å². The predicted octanol–water partition coefficient (Wildman–Crippen LogP) is 3.89. The first-order valence-electron chi connectivity index (χ1n) is 6.22. The average Bonchev–Trinajstić information content (AvgIpc) is 2.98. The van der Waals surface area contributed by atoms with Gasteiger partial charge in [-0.2, -0.15) is 5.10 Å². The van der Waals surface area contributed by atoms with Crippen LogP contribution in [0.2, 0.25) is 0 Å². The number of aromatic nitrogens is 2. The summed E-state index contributed by atoms with van der Waals surface area (Å²) in [5, 5.41) is 7.25. The molecule has 20 heavy (non-hydrogen) atoms. The lowest BCUT2D eigenvalue weighted by Crippen LogP contribution is -1.88. The fraction of sp³-hybridized carbons (Fsp3) is 0.0625. The maximum atomic E-state index is 13.4. The Morgan fingerprint density at radius 2 is 1.80 bits per heavy atom. The molecule has 0 saturated carbocycles. The highest BCUT2D eigenvalue weighted by molar-refractivity contribution is 5.68. The minimum atomic E-state index is -0.380. The summed E-state index contributed by atoms with van der Waals surface area (Å²) in [5.41, 5.74) is 3.54. The lowest BCUT2D eigenvalue weighted by molar-refractivity contribution is 0.387. The largest absolute Gasteiger partial charge is 0.494 e. The van der Waals surface area contributed by atoms with Gasteiger partial charge in [0.25, 0.3) is 0 Å². The highest BCUT2D eigenvalue weighted by atomic mass is 19.1. The second kappa shape index (κ2) is 5.17. The smallest absolute Gasteiger partial charge is 0.165 e. The number of halogens is 1. The minimum Gasteiger partial charge on any atom is -0.494 e. The van der Waals surface area contributed by atoms with Crippen molar-refractivity contribution in [2.24, 2.45) is 0 Å². The molecule has 0 radical (unpaired) electrons. The van der Waals surface area contributed by atoms with Gasteiger partial charge >= 0.3 is 0 Å². The Labute approximate surface area is 116 Å². The molecule has 1 heterocycles. The van der Waals surface area contributed by atoms with Crippen LogP contribution in [-0.4, -0.2) is 17.3 Å². The van der Waals surface area contributed by atoms with Gasteiger partial charge in [-0.25, -0.2) is 4.39 Å². The van der Waals surface area contributed by atoms with E-state index in [9.17, 15) is 4.39 Å². The molecular weight excluding hydrogens is 255 g/mol. The van der Waals surface area contributed by atoms with Gasteiger partial charge in [0.05, 0.1) is 18.5 Å². The van der Waals surface area contributed by atoms with E-state index in [0.29, 0.717) is 0 Å². The number of methoxy groups -OCH3 is 1. The van der Waals surface area contributed by atoms with Gasteiger partial charge in [0.2, 0.25) is 0 Å². The Kier molecular flexibility index (Phi) is 3.21. The molecule has 1 aromatic heterocycles. The molecule has 3 aromatic rings. The van der Waals surface area contributed by atoms with Crippen molar-refractivity contribution in [3.05, 3.63) is 60.4 Å². The SMILES string of the molecule is COc1cc(-c2cc(-c3ccccc3)[nH]n2)ccc1F. The molecule has 1 N–H and O–H groups in total. The molecule has 0 fully saturated rings. The van der Waals surface area contributed by atoms with Gasteiger partial charge in [-0.05, 0) is 29.8 Å². The summed E-state index contributed by atoms with van der Waals surface area (Å²) in [4.78, 5) is 0. The van der Waals surface area contributed by atoms with Crippen molar-refractivity contribution in [3.8, 4) is 28.3 Å². The van der Waals surface area contributed by atoms with Crippen LogP contribution in [0.3, 0.4) is 0 Å². The van der Waals surface area contributed by atoms with Gasteiger partial charge < -0.3 is 4.74 Å². The Morgan fingerprint density at radius 3 is 2.55 bits per heavy atom. The van der Waals surface area contributed by atoms with Gasteiger partial charge in [0.15, 0.2) is 11.6 Å². The molecule has 0 atom stereocenters. The Balaban J connectivity index is 1.98. The predicted molar refractivity (Wildman–Crippen MR) is 76.0 cm³/mol. The van der Waals surface area contributed by atoms with Crippen LogP contribution in [0, 0.1) is 5.82 Å². The van der Waals surface area contributed by atoms with Gasteiger partial charge in [-0.15, -0.1) is 0 Å². The number of nitrogens with one attached hydrogen (secondary N) is 1. The third-order valence-corrected chi connectivity index (χ3v) is 3.11. The van der Waals surface area contributed by atoms with E-state index in [1.54, 1.807) is 12.1 Å². The highest BCUT2D eigenvalue weighted by Crippen LogP contribution is 2.27. The van der Waals surface area contributed by atoms with Crippen LogP contribution >= 0.6 is 0 Å². The summed E-state index contributed by atoms with van der Waals surface area (Å²) >= 11 is 0. The van der Waals surface area contributed by atoms with Crippen LogP contribution in [0.25, 0.3) is 22.5 Å². The standard InChI is InChI=1S/C16H13FN2O/c1-20-16-9-12(7-8-13(16)17)15-10-14(18-19-15)11-5-3-2-4-6-11/h2-10H,1H3,(H,18,19). The molecular formula is C16H13FN2O. The van der Waals surface area contributed by atoms with Crippen LogP contribution in [0.5, 0.6) is 5.75 Å². The van der Waals surface area contributed by atoms with E-state index in [2.05, 4.69) is 10.2 Å². The van der Waals surface area contributed by atoms with Crippen molar-refractivity contribution in [2.45, 2.75) is 0 Å². The molecule has 3 nitrogen and oxygen atoms in total. The van der Waals surface area contributed by atoms with Gasteiger partial charge in [-0.1, -0.05) is 30.3 Å². The van der Waals surface area contributed by atoms with Crippen LogP contribution in [0.4, 0.5) is 4.39 Å².